The van der Waals surface area contributed by atoms with Crippen LogP contribution in [0.25, 0.3) is 16.5 Å². The van der Waals surface area contributed by atoms with Gasteiger partial charge < -0.3 is 13.7 Å². The Morgan fingerprint density at radius 3 is 2.23 bits per heavy atom. The minimum absolute atomic E-state index is 0.284. The van der Waals surface area contributed by atoms with Gasteiger partial charge >= 0.3 is 7.12 Å². The Bertz CT molecular complexity index is 914. The van der Waals surface area contributed by atoms with E-state index in [9.17, 15) is 0 Å². The Morgan fingerprint density at radius 1 is 0.923 bits per heavy atom. The van der Waals surface area contributed by atoms with Crippen LogP contribution < -0.4 is 0 Å². The first kappa shape index (κ1) is 17.6. The predicted octanol–water partition coefficient (Wildman–Crippen LogP) is 5.87. The molecule has 0 N–H and O–H groups in total. The maximum absolute atomic E-state index is 6.27. The van der Waals surface area contributed by atoms with Gasteiger partial charge in [0.05, 0.1) is 11.2 Å². The standard InChI is InChI=1S/C22H27BO3/c1-14-11-12-16(23-25-21(3,4)22(5,6)26-23)13-18(14)20-15(2)17-9-7-8-10-19(17)24-20/h7-10,13H,11-12H2,1-6H3. The van der Waals surface area contributed by atoms with E-state index in [0.29, 0.717) is 0 Å². The molecule has 2 aromatic rings. The molecule has 2 heterocycles. The highest BCUT2D eigenvalue weighted by molar-refractivity contribution is 6.55. The molecule has 1 saturated heterocycles. The molecular formula is C22H27BO3. The number of para-hydroxylation sites is 1. The van der Waals surface area contributed by atoms with E-state index < -0.39 is 0 Å². The monoisotopic (exact) mass is 350 g/mol. The first-order valence-electron chi connectivity index (χ1n) is 9.44. The van der Waals surface area contributed by atoms with Crippen LogP contribution in [0.5, 0.6) is 0 Å². The molecule has 0 amide bonds. The quantitative estimate of drug-likeness (QED) is 0.635. The molecule has 1 aliphatic carbocycles. The second kappa shape index (κ2) is 5.87. The number of furan rings is 1. The van der Waals surface area contributed by atoms with Crippen molar-refractivity contribution in [2.24, 2.45) is 0 Å². The Kier molecular flexibility index (Phi) is 3.98. The van der Waals surface area contributed by atoms with Crippen molar-refractivity contribution in [1.82, 2.24) is 0 Å². The highest BCUT2D eigenvalue weighted by Crippen LogP contribution is 2.42. The molecule has 4 rings (SSSR count). The maximum atomic E-state index is 6.27. The molecular weight excluding hydrogens is 323 g/mol. The van der Waals surface area contributed by atoms with E-state index in [-0.39, 0.29) is 18.3 Å². The van der Waals surface area contributed by atoms with E-state index >= 15 is 0 Å². The van der Waals surface area contributed by atoms with E-state index in [1.807, 2.05) is 12.1 Å². The second-order valence-electron chi connectivity index (χ2n) is 8.55. The van der Waals surface area contributed by atoms with Gasteiger partial charge in [0.15, 0.2) is 0 Å². The number of allylic oxidation sites excluding steroid dienone is 4. The Labute approximate surface area is 156 Å². The molecule has 0 bridgehead atoms. The van der Waals surface area contributed by atoms with Crippen LogP contribution >= 0.6 is 0 Å². The van der Waals surface area contributed by atoms with Crippen LogP contribution in [0.4, 0.5) is 0 Å². The highest BCUT2D eigenvalue weighted by Gasteiger charge is 2.52. The van der Waals surface area contributed by atoms with Gasteiger partial charge in [-0.05, 0) is 65.9 Å². The molecule has 1 aromatic carbocycles. The van der Waals surface area contributed by atoms with Gasteiger partial charge in [0, 0.05) is 16.5 Å². The van der Waals surface area contributed by atoms with Crippen LogP contribution in [-0.4, -0.2) is 18.3 Å². The Balaban J connectivity index is 1.74. The predicted molar refractivity (Wildman–Crippen MR) is 107 cm³/mol. The third-order valence-corrected chi connectivity index (χ3v) is 6.22. The lowest BCUT2D eigenvalue weighted by Gasteiger charge is -2.32. The molecule has 3 nitrogen and oxygen atoms in total. The summed E-state index contributed by atoms with van der Waals surface area (Å²) >= 11 is 0. The highest BCUT2D eigenvalue weighted by atomic mass is 16.7. The summed E-state index contributed by atoms with van der Waals surface area (Å²) in [7, 11) is -0.284. The van der Waals surface area contributed by atoms with E-state index in [1.165, 1.54) is 27.6 Å². The fourth-order valence-electron chi connectivity index (χ4n) is 3.72. The van der Waals surface area contributed by atoms with Crippen molar-refractivity contribution < 1.29 is 13.7 Å². The summed E-state index contributed by atoms with van der Waals surface area (Å²) in [5.74, 6) is 0.970. The van der Waals surface area contributed by atoms with Gasteiger partial charge in [-0.2, -0.15) is 0 Å². The Morgan fingerprint density at radius 2 is 1.58 bits per heavy atom. The molecule has 0 spiro atoms. The van der Waals surface area contributed by atoms with Crippen LogP contribution in [-0.2, 0) is 9.31 Å². The summed E-state index contributed by atoms with van der Waals surface area (Å²) in [6.07, 6.45) is 4.19. The number of hydrogen-bond acceptors (Lipinski definition) is 3. The number of fused-ring (bicyclic) bond motifs is 1. The van der Waals surface area contributed by atoms with Crippen molar-refractivity contribution in [1.29, 1.82) is 0 Å². The second-order valence-corrected chi connectivity index (χ2v) is 8.55. The molecule has 0 atom stereocenters. The zero-order chi connectivity index (χ0) is 18.7. The van der Waals surface area contributed by atoms with Gasteiger partial charge in [0.2, 0.25) is 0 Å². The molecule has 0 unspecified atom stereocenters. The van der Waals surface area contributed by atoms with Crippen molar-refractivity contribution in [2.75, 3.05) is 0 Å². The summed E-state index contributed by atoms with van der Waals surface area (Å²) in [6, 6.07) is 8.23. The van der Waals surface area contributed by atoms with Gasteiger partial charge in [-0.1, -0.05) is 29.8 Å². The van der Waals surface area contributed by atoms with Gasteiger partial charge in [0.25, 0.3) is 0 Å². The average Bonchev–Trinajstić information content (AvgIpc) is 3.02. The molecule has 1 aliphatic heterocycles. The fraction of sp³-hybridized carbons (Fsp3) is 0.455. The van der Waals surface area contributed by atoms with E-state index in [0.717, 1.165) is 24.2 Å². The van der Waals surface area contributed by atoms with E-state index in [4.69, 9.17) is 13.7 Å². The van der Waals surface area contributed by atoms with Gasteiger partial charge in [-0.15, -0.1) is 0 Å². The lowest BCUT2D eigenvalue weighted by molar-refractivity contribution is 0.00578. The normalized spacial score (nSPS) is 22.2. The van der Waals surface area contributed by atoms with Gasteiger partial charge in [0.1, 0.15) is 11.3 Å². The average molecular weight is 350 g/mol. The summed E-state index contributed by atoms with van der Waals surface area (Å²) in [6.45, 7) is 12.7. The van der Waals surface area contributed by atoms with E-state index in [2.05, 4.69) is 59.8 Å². The number of rotatable bonds is 2. The lowest BCUT2D eigenvalue weighted by Crippen LogP contribution is -2.41. The summed E-state index contributed by atoms with van der Waals surface area (Å²) < 4.78 is 18.8. The summed E-state index contributed by atoms with van der Waals surface area (Å²) in [4.78, 5) is 0. The van der Waals surface area contributed by atoms with Crippen LogP contribution in [0.2, 0.25) is 0 Å². The zero-order valence-corrected chi connectivity index (χ0v) is 16.6. The number of hydrogen-bond donors (Lipinski definition) is 0. The number of aryl methyl sites for hydroxylation is 1. The summed E-state index contributed by atoms with van der Waals surface area (Å²) in [5, 5.41) is 1.18. The molecule has 1 aromatic heterocycles. The van der Waals surface area contributed by atoms with Crippen LogP contribution in [0.15, 0.2) is 45.8 Å². The summed E-state index contributed by atoms with van der Waals surface area (Å²) in [5.41, 5.74) is 5.23. The van der Waals surface area contributed by atoms with Crippen LogP contribution in [0.1, 0.15) is 58.8 Å². The maximum Gasteiger partial charge on any atom is 0.490 e. The minimum Gasteiger partial charge on any atom is -0.456 e. The molecule has 1 fully saturated rings. The SMILES string of the molecule is CC1=C(c2oc3ccccc3c2C)C=C(B2OC(C)(C)C(C)(C)O2)CC1. The largest absolute Gasteiger partial charge is 0.490 e. The first-order chi connectivity index (χ1) is 12.2. The fourth-order valence-corrected chi connectivity index (χ4v) is 3.72. The van der Waals surface area contributed by atoms with Crippen molar-refractivity contribution in [2.45, 2.75) is 65.6 Å². The topological polar surface area (TPSA) is 31.6 Å². The van der Waals surface area contributed by atoms with Gasteiger partial charge in [-0.25, -0.2) is 0 Å². The minimum atomic E-state index is -0.315. The Hall–Kier alpha value is -1.78. The van der Waals surface area contributed by atoms with Crippen molar-refractivity contribution in [3.05, 3.63) is 52.7 Å². The van der Waals surface area contributed by atoms with Gasteiger partial charge in [-0.3, -0.25) is 0 Å². The first-order valence-corrected chi connectivity index (χ1v) is 9.44. The third-order valence-electron chi connectivity index (χ3n) is 6.22. The lowest BCUT2D eigenvalue weighted by atomic mass is 9.71. The third kappa shape index (κ3) is 2.67. The van der Waals surface area contributed by atoms with Crippen LogP contribution in [0.3, 0.4) is 0 Å². The molecule has 0 saturated carbocycles. The van der Waals surface area contributed by atoms with Crippen LogP contribution in [0, 0.1) is 6.92 Å². The molecule has 2 aliphatic rings. The molecule has 0 radical (unpaired) electrons. The zero-order valence-electron chi connectivity index (χ0n) is 16.6. The van der Waals surface area contributed by atoms with E-state index in [1.54, 1.807) is 0 Å². The molecule has 4 heteroatoms. The van der Waals surface area contributed by atoms with Crippen molar-refractivity contribution >= 4 is 23.7 Å². The molecule has 26 heavy (non-hydrogen) atoms. The van der Waals surface area contributed by atoms with Crippen molar-refractivity contribution in [3.8, 4) is 0 Å². The van der Waals surface area contributed by atoms with Crippen molar-refractivity contribution in [3.63, 3.8) is 0 Å². The molecule has 136 valence electrons. The smallest absolute Gasteiger partial charge is 0.456 e. The number of benzene rings is 1.